The molecule has 1 saturated heterocycles. The number of anilines is 2. The highest BCUT2D eigenvalue weighted by molar-refractivity contribution is 7.92. The summed E-state index contributed by atoms with van der Waals surface area (Å²) in [6.07, 6.45) is 0. The van der Waals surface area contributed by atoms with E-state index in [2.05, 4.69) is 33.8 Å². The van der Waals surface area contributed by atoms with Crippen LogP contribution in [0, 0.1) is 12.7 Å². The lowest BCUT2D eigenvalue weighted by Crippen LogP contribution is -2.54. The van der Waals surface area contributed by atoms with E-state index in [0.717, 1.165) is 19.2 Å². The predicted octanol–water partition coefficient (Wildman–Crippen LogP) is 3.78. The third-order valence-electron chi connectivity index (χ3n) is 5.11. The normalized spacial score (nSPS) is 19.4. The standard InChI is InChI=1S/C22H25FN4O3S/c1-14-12-27(13-15(2)24-14)22-6-4-5-21(25-22)26-31(28,29)17-8-9-18(19(23)11-17)20-10-7-16(3)30-20/h4-11,14-15,24H,12-13H2,1-3H3,(H,25,26)/t14-,15?/m0/s1. The van der Waals surface area contributed by atoms with Crippen LogP contribution < -0.4 is 14.9 Å². The summed E-state index contributed by atoms with van der Waals surface area (Å²) in [7, 11) is -4.01. The highest BCUT2D eigenvalue weighted by Crippen LogP contribution is 2.27. The van der Waals surface area contributed by atoms with E-state index in [0.29, 0.717) is 29.4 Å². The molecule has 31 heavy (non-hydrogen) atoms. The van der Waals surface area contributed by atoms with Crippen LogP contribution in [-0.4, -0.2) is 38.6 Å². The second-order valence-electron chi connectivity index (χ2n) is 7.91. The molecule has 3 aromatic rings. The number of hydrogen-bond donors (Lipinski definition) is 2. The molecule has 1 aromatic carbocycles. The van der Waals surface area contributed by atoms with Gasteiger partial charge in [0.15, 0.2) is 0 Å². The average molecular weight is 445 g/mol. The first kappa shape index (κ1) is 21.3. The van der Waals surface area contributed by atoms with Gasteiger partial charge >= 0.3 is 0 Å². The third kappa shape index (κ3) is 4.72. The molecule has 1 aliphatic rings. The fourth-order valence-corrected chi connectivity index (χ4v) is 4.82. The summed E-state index contributed by atoms with van der Waals surface area (Å²) in [5.41, 5.74) is 0.203. The van der Waals surface area contributed by atoms with Crippen molar-refractivity contribution in [2.45, 2.75) is 37.8 Å². The van der Waals surface area contributed by atoms with Gasteiger partial charge in [-0.2, -0.15) is 0 Å². The molecule has 1 unspecified atom stereocenters. The summed E-state index contributed by atoms with van der Waals surface area (Å²) < 4.78 is 48.2. The van der Waals surface area contributed by atoms with Gasteiger partial charge in [0.05, 0.1) is 10.5 Å². The number of nitrogens with zero attached hydrogens (tertiary/aromatic N) is 2. The van der Waals surface area contributed by atoms with Crippen LogP contribution in [0.15, 0.2) is 57.8 Å². The average Bonchev–Trinajstić information content (AvgIpc) is 3.13. The molecule has 0 spiro atoms. The van der Waals surface area contributed by atoms with Gasteiger partial charge in [-0.05, 0) is 63.2 Å². The van der Waals surface area contributed by atoms with Gasteiger partial charge in [-0.25, -0.2) is 17.8 Å². The highest BCUT2D eigenvalue weighted by atomic mass is 32.2. The molecule has 0 radical (unpaired) electrons. The van der Waals surface area contributed by atoms with E-state index in [1.165, 1.54) is 12.1 Å². The zero-order valence-electron chi connectivity index (χ0n) is 17.6. The quantitative estimate of drug-likeness (QED) is 0.623. The largest absolute Gasteiger partial charge is 0.461 e. The molecule has 7 nitrogen and oxygen atoms in total. The van der Waals surface area contributed by atoms with Crippen molar-refractivity contribution in [1.29, 1.82) is 0 Å². The monoisotopic (exact) mass is 444 g/mol. The summed E-state index contributed by atoms with van der Waals surface area (Å²) >= 11 is 0. The Hall–Kier alpha value is -2.91. The smallest absolute Gasteiger partial charge is 0.263 e. The molecule has 0 amide bonds. The van der Waals surface area contributed by atoms with Crippen molar-refractivity contribution in [2.24, 2.45) is 0 Å². The SMILES string of the molecule is Cc1ccc(-c2ccc(S(=O)(=O)Nc3cccc(N4CC(C)N[C@@H](C)C4)n3)cc2F)o1. The van der Waals surface area contributed by atoms with Crippen LogP contribution in [0.5, 0.6) is 0 Å². The number of rotatable bonds is 5. The van der Waals surface area contributed by atoms with Gasteiger partial charge in [0, 0.05) is 25.2 Å². The Balaban J connectivity index is 1.56. The molecular weight excluding hydrogens is 419 g/mol. The Morgan fingerprint density at radius 1 is 1.13 bits per heavy atom. The molecule has 0 saturated carbocycles. The molecule has 9 heteroatoms. The second kappa shape index (κ2) is 8.32. The number of aryl methyl sites for hydroxylation is 1. The van der Waals surface area contributed by atoms with E-state index in [1.54, 1.807) is 31.2 Å². The molecule has 4 rings (SSSR count). The maximum Gasteiger partial charge on any atom is 0.263 e. The van der Waals surface area contributed by atoms with Gasteiger partial charge in [-0.3, -0.25) is 4.72 Å². The summed E-state index contributed by atoms with van der Waals surface area (Å²) in [6, 6.07) is 12.9. The lowest BCUT2D eigenvalue weighted by atomic mass is 10.1. The van der Waals surface area contributed by atoms with Crippen molar-refractivity contribution < 1.29 is 17.2 Å². The lowest BCUT2D eigenvalue weighted by molar-refractivity contribution is 0.405. The molecule has 2 atom stereocenters. The number of furan rings is 1. The van der Waals surface area contributed by atoms with E-state index in [9.17, 15) is 12.8 Å². The second-order valence-corrected chi connectivity index (χ2v) is 9.59. The minimum absolute atomic E-state index is 0.183. The van der Waals surface area contributed by atoms with Crippen molar-refractivity contribution in [3.8, 4) is 11.3 Å². The maximum atomic E-state index is 14.6. The van der Waals surface area contributed by atoms with Gasteiger partial charge in [0.2, 0.25) is 0 Å². The van der Waals surface area contributed by atoms with Crippen LogP contribution in [0.4, 0.5) is 16.0 Å². The molecule has 2 aromatic heterocycles. The fourth-order valence-electron chi connectivity index (χ4n) is 3.81. The Bertz CT molecular complexity index is 1180. The van der Waals surface area contributed by atoms with Crippen molar-refractivity contribution in [3.05, 3.63) is 60.1 Å². The van der Waals surface area contributed by atoms with Crippen LogP contribution >= 0.6 is 0 Å². The number of pyridine rings is 1. The van der Waals surface area contributed by atoms with E-state index in [-0.39, 0.29) is 16.3 Å². The van der Waals surface area contributed by atoms with E-state index < -0.39 is 15.8 Å². The summed E-state index contributed by atoms with van der Waals surface area (Å²) in [5, 5.41) is 3.45. The first-order valence-electron chi connectivity index (χ1n) is 10.1. The lowest BCUT2D eigenvalue weighted by Gasteiger charge is -2.37. The molecule has 164 valence electrons. The Labute approximate surface area is 181 Å². The van der Waals surface area contributed by atoms with Gasteiger partial charge < -0.3 is 14.6 Å². The minimum Gasteiger partial charge on any atom is -0.461 e. The number of piperazine rings is 1. The molecule has 0 bridgehead atoms. The molecule has 0 aliphatic carbocycles. The third-order valence-corrected chi connectivity index (χ3v) is 6.46. The highest BCUT2D eigenvalue weighted by Gasteiger charge is 2.23. The molecular formula is C22H25FN4O3S. The maximum absolute atomic E-state index is 14.6. The summed E-state index contributed by atoms with van der Waals surface area (Å²) in [6.45, 7) is 7.49. The number of hydrogen-bond acceptors (Lipinski definition) is 6. The first-order valence-corrected chi connectivity index (χ1v) is 11.6. The van der Waals surface area contributed by atoms with Gasteiger partial charge in [0.25, 0.3) is 10.0 Å². The number of sulfonamides is 1. The van der Waals surface area contributed by atoms with Crippen molar-refractivity contribution in [3.63, 3.8) is 0 Å². The first-order chi connectivity index (χ1) is 14.7. The molecule has 1 fully saturated rings. The Morgan fingerprint density at radius 3 is 2.52 bits per heavy atom. The summed E-state index contributed by atoms with van der Waals surface area (Å²) in [5.74, 6) is 1.19. The van der Waals surface area contributed by atoms with Crippen molar-refractivity contribution in [1.82, 2.24) is 10.3 Å². The van der Waals surface area contributed by atoms with E-state index in [1.807, 2.05) is 6.07 Å². The molecule has 1 aliphatic heterocycles. The van der Waals surface area contributed by atoms with Crippen LogP contribution in [0.25, 0.3) is 11.3 Å². The summed E-state index contributed by atoms with van der Waals surface area (Å²) in [4.78, 5) is 6.39. The van der Waals surface area contributed by atoms with Gasteiger partial charge in [-0.15, -0.1) is 0 Å². The van der Waals surface area contributed by atoms with Crippen LogP contribution in [-0.2, 0) is 10.0 Å². The Kier molecular flexibility index (Phi) is 5.72. The van der Waals surface area contributed by atoms with E-state index in [4.69, 9.17) is 4.42 Å². The topological polar surface area (TPSA) is 87.5 Å². The predicted molar refractivity (Wildman–Crippen MR) is 118 cm³/mol. The van der Waals surface area contributed by atoms with Crippen LogP contribution in [0.2, 0.25) is 0 Å². The zero-order valence-corrected chi connectivity index (χ0v) is 18.4. The number of benzene rings is 1. The minimum atomic E-state index is -4.01. The molecule has 3 heterocycles. The number of nitrogens with one attached hydrogen (secondary N) is 2. The van der Waals surface area contributed by atoms with E-state index >= 15 is 0 Å². The zero-order chi connectivity index (χ0) is 22.2. The Morgan fingerprint density at radius 2 is 1.87 bits per heavy atom. The van der Waals surface area contributed by atoms with Crippen molar-refractivity contribution >= 4 is 21.7 Å². The van der Waals surface area contributed by atoms with Crippen LogP contribution in [0.3, 0.4) is 0 Å². The number of halogens is 1. The fraction of sp³-hybridized carbons (Fsp3) is 0.318. The van der Waals surface area contributed by atoms with Gasteiger partial charge in [-0.1, -0.05) is 6.07 Å². The number of aromatic nitrogens is 1. The van der Waals surface area contributed by atoms with Crippen LogP contribution in [0.1, 0.15) is 19.6 Å². The molecule has 2 N–H and O–H groups in total. The van der Waals surface area contributed by atoms with Gasteiger partial charge in [0.1, 0.15) is 29.0 Å². The van der Waals surface area contributed by atoms with Crippen molar-refractivity contribution in [2.75, 3.05) is 22.7 Å².